The first-order valence-electron chi connectivity index (χ1n) is 7.20. The third kappa shape index (κ3) is 3.81. The summed E-state index contributed by atoms with van der Waals surface area (Å²) in [5.74, 6) is 0.815. The molecule has 0 saturated heterocycles. The second-order valence-electron chi connectivity index (χ2n) is 5.53. The quantitative estimate of drug-likeness (QED) is 0.757. The largest absolute Gasteiger partial charge is 0.310 e. The van der Waals surface area contributed by atoms with Crippen molar-refractivity contribution < 1.29 is 4.39 Å². The molecule has 0 amide bonds. The second kappa shape index (κ2) is 6.33. The Hall–Kier alpha value is -0.890. The molecule has 1 nitrogen and oxygen atoms in total. The first kappa shape index (κ1) is 13.5. The summed E-state index contributed by atoms with van der Waals surface area (Å²) in [7, 11) is 0. The monoisotopic (exact) mass is 249 g/mol. The molecule has 1 atom stereocenters. The molecule has 1 aliphatic carbocycles. The van der Waals surface area contributed by atoms with Crippen LogP contribution in [0.2, 0.25) is 0 Å². The Labute approximate surface area is 110 Å². The van der Waals surface area contributed by atoms with Crippen LogP contribution < -0.4 is 5.32 Å². The maximum absolute atomic E-state index is 13.4. The number of hydrogen-bond acceptors (Lipinski definition) is 1. The van der Waals surface area contributed by atoms with Gasteiger partial charge in [-0.2, -0.15) is 0 Å². The summed E-state index contributed by atoms with van der Waals surface area (Å²) in [4.78, 5) is 0. The van der Waals surface area contributed by atoms with Crippen LogP contribution in [0.25, 0.3) is 0 Å². The maximum Gasteiger partial charge on any atom is 0.123 e. The summed E-state index contributed by atoms with van der Waals surface area (Å²) in [6.07, 6.45) is 6.31. The van der Waals surface area contributed by atoms with E-state index in [4.69, 9.17) is 0 Å². The van der Waals surface area contributed by atoms with Crippen LogP contribution in [0.4, 0.5) is 4.39 Å². The van der Waals surface area contributed by atoms with Crippen LogP contribution in [0.5, 0.6) is 0 Å². The third-order valence-corrected chi connectivity index (χ3v) is 3.82. The summed E-state index contributed by atoms with van der Waals surface area (Å²) in [6.45, 7) is 5.25. The smallest absolute Gasteiger partial charge is 0.123 e. The van der Waals surface area contributed by atoms with E-state index in [2.05, 4.69) is 19.2 Å². The molecule has 0 heterocycles. The van der Waals surface area contributed by atoms with E-state index in [-0.39, 0.29) is 5.82 Å². The van der Waals surface area contributed by atoms with E-state index in [1.165, 1.54) is 24.8 Å². The average Bonchev–Trinajstić information content (AvgIpc) is 3.17. The summed E-state index contributed by atoms with van der Waals surface area (Å²) >= 11 is 0. The van der Waals surface area contributed by atoms with Gasteiger partial charge in [0.05, 0.1) is 0 Å². The number of benzene rings is 1. The van der Waals surface area contributed by atoms with Crippen molar-refractivity contribution in [3.05, 3.63) is 35.1 Å². The lowest BCUT2D eigenvalue weighted by atomic mass is 9.96. The van der Waals surface area contributed by atoms with Gasteiger partial charge < -0.3 is 5.32 Å². The SMILES string of the molecule is CCCNC(CCC1CC1)c1cc(F)ccc1C. The van der Waals surface area contributed by atoms with E-state index in [1.807, 2.05) is 6.07 Å². The van der Waals surface area contributed by atoms with E-state index in [9.17, 15) is 4.39 Å². The highest BCUT2D eigenvalue weighted by molar-refractivity contribution is 5.29. The molecule has 0 bridgehead atoms. The zero-order chi connectivity index (χ0) is 13.0. The molecule has 100 valence electrons. The van der Waals surface area contributed by atoms with Crippen molar-refractivity contribution >= 4 is 0 Å². The lowest BCUT2D eigenvalue weighted by Crippen LogP contribution is -2.23. The minimum atomic E-state index is -0.120. The normalized spacial score (nSPS) is 16.8. The topological polar surface area (TPSA) is 12.0 Å². The average molecular weight is 249 g/mol. The van der Waals surface area contributed by atoms with Gasteiger partial charge in [-0.15, -0.1) is 0 Å². The van der Waals surface area contributed by atoms with Gasteiger partial charge in [-0.3, -0.25) is 0 Å². The van der Waals surface area contributed by atoms with Gasteiger partial charge in [0.2, 0.25) is 0 Å². The molecule has 0 aliphatic heterocycles. The van der Waals surface area contributed by atoms with Gasteiger partial charge in [-0.25, -0.2) is 4.39 Å². The van der Waals surface area contributed by atoms with Gasteiger partial charge in [0.25, 0.3) is 0 Å². The Morgan fingerprint density at radius 3 is 2.83 bits per heavy atom. The van der Waals surface area contributed by atoms with E-state index in [0.717, 1.165) is 30.9 Å². The number of halogens is 1. The fourth-order valence-corrected chi connectivity index (χ4v) is 2.48. The van der Waals surface area contributed by atoms with Gasteiger partial charge in [0.1, 0.15) is 5.82 Å². The highest BCUT2D eigenvalue weighted by Gasteiger charge is 2.23. The van der Waals surface area contributed by atoms with Crippen LogP contribution in [0.15, 0.2) is 18.2 Å². The fraction of sp³-hybridized carbons (Fsp3) is 0.625. The molecule has 1 saturated carbocycles. The molecule has 0 radical (unpaired) electrons. The Morgan fingerprint density at radius 1 is 1.39 bits per heavy atom. The molecule has 0 aromatic heterocycles. The number of aryl methyl sites for hydroxylation is 1. The molecule has 1 unspecified atom stereocenters. The Bertz CT molecular complexity index is 385. The molecular formula is C16H24FN. The summed E-state index contributed by atoms with van der Waals surface area (Å²) in [6, 6.07) is 5.47. The molecule has 1 aliphatic rings. The number of nitrogens with one attached hydrogen (secondary N) is 1. The molecule has 1 aromatic carbocycles. The first-order valence-corrected chi connectivity index (χ1v) is 7.20. The van der Waals surface area contributed by atoms with Crippen LogP contribution in [0.1, 0.15) is 56.2 Å². The standard InChI is InChI=1S/C16H24FN/c1-3-10-18-16(9-7-13-5-6-13)15-11-14(17)8-4-12(15)2/h4,8,11,13,16,18H,3,5-7,9-10H2,1-2H3. The highest BCUT2D eigenvalue weighted by atomic mass is 19.1. The zero-order valence-corrected chi connectivity index (χ0v) is 11.5. The first-order chi connectivity index (χ1) is 8.70. The van der Waals surface area contributed by atoms with Crippen LogP contribution in [-0.4, -0.2) is 6.54 Å². The number of rotatable bonds is 7. The second-order valence-corrected chi connectivity index (χ2v) is 5.53. The van der Waals surface area contributed by atoms with Gasteiger partial charge in [0, 0.05) is 6.04 Å². The van der Waals surface area contributed by atoms with Crippen molar-refractivity contribution in [2.24, 2.45) is 5.92 Å². The Kier molecular flexibility index (Phi) is 4.76. The Balaban J connectivity index is 2.06. The Morgan fingerprint density at radius 2 is 2.17 bits per heavy atom. The molecule has 0 spiro atoms. The zero-order valence-electron chi connectivity index (χ0n) is 11.5. The van der Waals surface area contributed by atoms with Crippen LogP contribution >= 0.6 is 0 Å². The van der Waals surface area contributed by atoms with Gasteiger partial charge in [0.15, 0.2) is 0 Å². The van der Waals surface area contributed by atoms with Gasteiger partial charge in [-0.1, -0.05) is 25.8 Å². The lowest BCUT2D eigenvalue weighted by Gasteiger charge is -2.21. The van der Waals surface area contributed by atoms with E-state index >= 15 is 0 Å². The number of hydrogen-bond donors (Lipinski definition) is 1. The molecule has 18 heavy (non-hydrogen) atoms. The van der Waals surface area contributed by atoms with Crippen LogP contribution in [0, 0.1) is 18.7 Å². The molecule has 2 heteroatoms. The maximum atomic E-state index is 13.4. The van der Waals surface area contributed by atoms with Crippen molar-refractivity contribution in [2.75, 3.05) is 6.54 Å². The van der Waals surface area contributed by atoms with Crippen molar-refractivity contribution in [3.63, 3.8) is 0 Å². The van der Waals surface area contributed by atoms with Gasteiger partial charge >= 0.3 is 0 Å². The van der Waals surface area contributed by atoms with E-state index in [0.29, 0.717) is 6.04 Å². The fourth-order valence-electron chi connectivity index (χ4n) is 2.48. The van der Waals surface area contributed by atoms with Crippen molar-refractivity contribution in [2.45, 2.75) is 52.0 Å². The van der Waals surface area contributed by atoms with E-state index in [1.54, 1.807) is 12.1 Å². The van der Waals surface area contributed by atoms with Crippen molar-refractivity contribution in [1.29, 1.82) is 0 Å². The van der Waals surface area contributed by atoms with E-state index < -0.39 is 0 Å². The third-order valence-electron chi connectivity index (χ3n) is 3.82. The minimum Gasteiger partial charge on any atom is -0.310 e. The predicted molar refractivity (Wildman–Crippen MR) is 74.1 cm³/mol. The van der Waals surface area contributed by atoms with Gasteiger partial charge in [-0.05, 0) is 61.9 Å². The summed E-state index contributed by atoms with van der Waals surface area (Å²) < 4.78 is 13.4. The molecule has 1 N–H and O–H groups in total. The lowest BCUT2D eigenvalue weighted by molar-refractivity contribution is 0.466. The molecule has 1 fully saturated rings. The summed E-state index contributed by atoms with van der Waals surface area (Å²) in [5.41, 5.74) is 2.34. The van der Waals surface area contributed by atoms with Crippen LogP contribution in [0.3, 0.4) is 0 Å². The van der Waals surface area contributed by atoms with Crippen LogP contribution in [-0.2, 0) is 0 Å². The molecule has 2 rings (SSSR count). The molecule has 1 aromatic rings. The highest BCUT2D eigenvalue weighted by Crippen LogP contribution is 2.36. The summed E-state index contributed by atoms with van der Waals surface area (Å²) in [5, 5.41) is 3.57. The predicted octanol–water partition coefficient (Wildman–Crippen LogP) is 4.37. The van der Waals surface area contributed by atoms with Crippen molar-refractivity contribution in [3.8, 4) is 0 Å². The minimum absolute atomic E-state index is 0.120. The van der Waals surface area contributed by atoms with Crippen molar-refractivity contribution in [1.82, 2.24) is 5.32 Å². The molecular weight excluding hydrogens is 225 g/mol.